The van der Waals surface area contributed by atoms with Gasteiger partial charge in [-0.25, -0.2) is 0 Å². The summed E-state index contributed by atoms with van der Waals surface area (Å²) in [4.78, 5) is 0. The third-order valence-electron chi connectivity index (χ3n) is 2.26. The van der Waals surface area contributed by atoms with Crippen LogP contribution in [0.1, 0.15) is 0 Å². The van der Waals surface area contributed by atoms with Crippen LogP contribution < -0.4 is 0 Å². The summed E-state index contributed by atoms with van der Waals surface area (Å²) in [6.45, 7) is 0. The predicted molar refractivity (Wildman–Crippen MR) is 63.7 cm³/mol. The lowest BCUT2D eigenvalue weighted by molar-refractivity contribution is 0.368. The minimum atomic E-state index is -0.663. The molecule has 6 nitrogen and oxygen atoms in total. The molecular weight excluding hydrogens is 236 g/mol. The maximum absolute atomic E-state index is 9.50. The van der Waals surface area contributed by atoms with Crippen LogP contribution >= 0.6 is 0 Å². The van der Waals surface area contributed by atoms with E-state index in [1.54, 1.807) is 12.1 Å². The van der Waals surface area contributed by atoms with Crippen LogP contribution in [0, 0.1) is 0 Å². The molecule has 18 heavy (non-hydrogen) atoms. The third-order valence-corrected chi connectivity index (χ3v) is 2.26. The van der Waals surface area contributed by atoms with Crippen LogP contribution in [0.25, 0.3) is 0 Å². The molecule has 0 radical (unpaired) electrons. The van der Waals surface area contributed by atoms with E-state index in [-0.39, 0.29) is 17.1 Å². The van der Waals surface area contributed by atoms with Gasteiger partial charge >= 0.3 is 0 Å². The molecule has 0 unspecified atom stereocenters. The van der Waals surface area contributed by atoms with Crippen molar-refractivity contribution in [1.82, 2.24) is 0 Å². The normalized spacial score (nSPS) is 10.9. The number of para-hydroxylation sites is 1. The molecule has 0 aliphatic heterocycles. The van der Waals surface area contributed by atoms with Crippen LogP contribution in [0.2, 0.25) is 0 Å². The first-order chi connectivity index (χ1) is 8.59. The summed E-state index contributed by atoms with van der Waals surface area (Å²) in [6, 6.07) is 8.75. The molecule has 0 fully saturated rings. The number of phenolic OH excluding ortho intramolecular Hbond substituents is 4. The lowest BCUT2D eigenvalue weighted by Crippen LogP contribution is -1.72. The summed E-state index contributed by atoms with van der Waals surface area (Å²) in [6.07, 6.45) is 0. The molecule has 2 aromatic carbocycles. The van der Waals surface area contributed by atoms with Crippen molar-refractivity contribution in [1.29, 1.82) is 0 Å². The molecule has 2 rings (SSSR count). The van der Waals surface area contributed by atoms with Crippen LogP contribution in [0.5, 0.6) is 23.0 Å². The molecule has 0 aliphatic carbocycles. The SMILES string of the molecule is Oc1ccccc1N=Nc1ccc(O)c(O)c1O. The van der Waals surface area contributed by atoms with Gasteiger partial charge in [0.1, 0.15) is 17.1 Å². The monoisotopic (exact) mass is 246 g/mol. The molecular formula is C12H10N2O4. The van der Waals surface area contributed by atoms with Gasteiger partial charge in [0.25, 0.3) is 0 Å². The van der Waals surface area contributed by atoms with Gasteiger partial charge in [-0.15, -0.1) is 10.2 Å². The Balaban J connectivity index is 2.36. The van der Waals surface area contributed by atoms with E-state index in [9.17, 15) is 15.3 Å². The average Bonchev–Trinajstić information content (AvgIpc) is 2.37. The molecule has 0 heterocycles. The van der Waals surface area contributed by atoms with Crippen molar-refractivity contribution in [3.05, 3.63) is 36.4 Å². The highest BCUT2D eigenvalue weighted by molar-refractivity contribution is 5.63. The molecule has 0 atom stereocenters. The van der Waals surface area contributed by atoms with Crippen LogP contribution in [0.4, 0.5) is 11.4 Å². The van der Waals surface area contributed by atoms with Crippen LogP contribution in [0.3, 0.4) is 0 Å². The van der Waals surface area contributed by atoms with Crippen molar-refractivity contribution in [2.24, 2.45) is 10.2 Å². The first-order valence-corrected chi connectivity index (χ1v) is 5.03. The Kier molecular flexibility index (Phi) is 3.01. The Hall–Kier alpha value is -2.76. The van der Waals surface area contributed by atoms with Crippen LogP contribution in [-0.2, 0) is 0 Å². The summed E-state index contributed by atoms with van der Waals surface area (Å²) < 4.78 is 0. The van der Waals surface area contributed by atoms with Crippen molar-refractivity contribution in [2.45, 2.75) is 0 Å². The number of nitrogens with zero attached hydrogens (tertiary/aromatic N) is 2. The van der Waals surface area contributed by atoms with E-state index in [4.69, 9.17) is 5.11 Å². The van der Waals surface area contributed by atoms with Gasteiger partial charge in [-0.2, -0.15) is 0 Å². The van der Waals surface area contributed by atoms with Crippen molar-refractivity contribution in [2.75, 3.05) is 0 Å². The summed E-state index contributed by atoms with van der Waals surface area (Å²) in [7, 11) is 0. The predicted octanol–water partition coefficient (Wildman–Crippen LogP) is 2.92. The van der Waals surface area contributed by atoms with Crippen molar-refractivity contribution in [3.8, 4) is 23.0 Å². The van der Waals surface area contributed by atoms with Gasteiger partial charge in [-0.05, 0) is 24.3 Å². The van der Waals surface area contributed by atoms with Crippen molar-refractivity contribution < 1.29 is 20.4 Å². The van der Waals surface area contributed by atoms with E-state index in [1.807, 2.05) is 0 Å². The highest BCUT2D eigenvalue weighted by atomic mass is 16.3. The molecule has 0 bridgehead atoms. The highest BCUT2D eigenvalue weighted by Crippen LogP contribution is 2.42. The van der Waals surface area contributed by atoms with Gasteiger partial charge in [0.05, 0.1) is 0 Å². The van der Waals surface area contributed by atoms with Gasteiger partial charge in [0.2, 0.25) is 5.75 Å². The maximum Gasteiger partial charge on any atom is 0.202 e. The largest absolute Gasteiger partial charge is 0.506 e. The van der Waals surface area contributed by atoms with Gasteiger partial charge in [-0.3, -0.25) is 0 Å². The van der Waals surface area contributed by atoms with E-state index in [0.29, 0.717) is 0 Å². The summed E-state index contributed by atoms with van der Waals surface area (Å²) in [5, 5.41) is 44.8. The molecule has 4 N–H and O–H groups in total. The fourth-order valence-electron chi connectivity index (χ4n) is 1.30. The van der Waals surface area contributed by atoms with E-state index in [0.717, 1.165) is 0 Å². The van der Waals surface area contributed by atoms with E-state index < -0.39 is 17.2 Å². The molecule has 92 valence electrons. The molecule has 6 heteroatoms. The Labute approximate surface area is 102 Å². The Morgan fingerprint density at radius 1 is 0.611 bits per heavy atom. The zero-order valence-corrected chi connectivity index (χ0v) is 9.15. The Morgan fingerprint density at radius 2 is 1.28 bits per heavy atom. The molecule has 0 amide bonds. The average molecular weight is 246 g/mol. The number of azo groups is 1. The topological polar surface area (TPSA) is 106 Å². The number of phenols is 4. The van der Waals surface area contributed by atoms with Crippen LogP contribution in [-0.4, -0.2) is 20.4 Å². The molecule has 0 aromatic heterocycles. The van der Waals surface area contributed by atoms with Gasteiger partial charge < -0.3 is 20.4 Å². The Morgan fingerprint density at radius 3 is 2.00 bits per heavy atom. The summed E-state index contributed by atoms with van der Waals surface area (Å²) >= 11 is 0. The van der Waals surface area contributed by atoms with E-state index in [2.05, 4.69) is 10.2 Å². The number of aromatic hydroxyl groups is 4. The first kappa shape index (κ1) is 11.7. The highest BCUT2D eigenvalue weighted by Gasteiger charge is 2.10. The first-order valence-electron chi connectivity index (χ1n) is 5.03. The lowest BCUT2D eigenvalue weighted by Gasteiger charge is -2.02. The quantitative estimate of drug-likeness (QED) is 0.482. The lowest BCUT2D eigenvalue weighted by atomic mass is 10.2. The molecule has 0 aliphatic rings. The van der Waals surface area contributed by atoms with Crippen molar-refractivity contribution >= 4 is 11.4 Å². The van der Waals surface area contributed by atoms with Gasteiger partial charge in [0.15, 0.2) is 11.5 Å². The molecule has 0 saturated carbocycles. The van der Waals surface area contributed by atoms with Crippen molar-refractivity contribution in [3.63, 3.8) is 0 Å². The van der Waals surface area contributed by atoms with E-state index in [1.165, 1.54) is 24.3 Å². The number of rotatable bonds is 2. The minimum absolute atomic E-state index is 0.0199. The smallest absolute Gasteiger partial charge is 0.202 e. The van der Waals surface area contributed by atoms with Crippen LogP contribution in [0.15, 0.2) is 46.6 Å². The number of hydrogen-bond donors (Lipinski definition) is 4. The molecule has 2 aromatic rings. The third kappa shape index (κ3) is 2.17. The standard InChI is InChI=1S/C12H10N2O4/c15-9-4-2-1-3-7(9)13-14-8-5-6-10(16)12(18)11(8)17/h1-6,15-18H. The maximum atomic E-state index is 9.50. The second-order valence-electron chi connectivity index (χ2n) is 3.49. The second kappa shape index (κ2) is 4.62. The fraction of sp³-hybridized carbons (Fsp3) is 0. The molecule has 0 saturated heterocycles. The number of benzene rings is 2. The zero-order valence-electron chi connectivity index (χ0n) is 9.15. The second-order valence-corrected chi connectivity index (χ2v) is 3.49. The van der Waals surface area contributed by atoms with Gasteiger partial charge in [-0.1, -0.05) is 12.1 Å². The summed E-state index contributed by atoms with van der Waals surface area (Å²) in [5.41, 5.74) is 0.206. The fourth-order valence-corrected chi connectivity index (χ4v) is 1.30. The minimum Gasteiger partial charge on any atom is -0.506 e. The zero-order chi connectivity index (χ0) is 13.1. The number of hydrogen-bond acceptors (Lipinski definition) is 6. The Bertz CT molecular complexity index is 611. The van der Waals surface area contributed by atoms with E-state index >= 15 is 0 Å². The summed E-state index contributed by atoms with van der Waals surface area (Å²) in [5.74, 6) is -1.74. The van der Waals surface area contributed by atoms with Gasteiger partial charge in [0, 0.05) is 0 Å². The molecule has 0 spiro atoms.